The summed E-state index contributed by atoms with van der Waals surface area (Å²) >= 11 is 3.39. The molecule has 0 saturated carbocycles. The fourth-order valence-electron chi connectivity index (χ4n) is 3.53. The zero-order valence-corrected chi connectivity index (χ0v) is 20.2. The highest BCUT2D eigenvalue weighted by atomic mass is 79.9. The lowest BCUT2D eigenvalue weighted by atomic mass is 9.92. The number of sulfonamides is 1. The lowest BCUT2D eigenvalue weighted by Crippen LogP contribution is -2.42. The molecule has 1 heterocycles. The molecule has 0 spiro atoms. The highest BCUT2D eigenvalue weighted by Crippen LogP contribution is 2.27. The van der Waals surface area contributed by atoms with Crippen LogP contribution in [-0.4, -0.2) is 33.5 Å². The van der Waals surface area contributed by atoms with E-state index in [1.807, 2.05) is 32.0 Å². The molecule has 9 heteroatoms. The van der Waals surface area contributed by atoms with Crippen molar-refractivity contribution in [3.05, 3.63) is 58.1 Å². The quantitative estimate of drug-likeness (QED) is 0.539. The molecule has 1 atom stereocenters. The van der Waals surface area contributed by atoms with Crippen LogP contribution in [0.15, 0.2) is 51.8 Å². The number of nitrogens with one attached hydrogen (secondary N) is 3. The Bertz CT molecular complexity index is 995. The van der Waals surface area contributed by atoms with Crippen LogP contribution in [0.3, 0.4) is 0 Å². The summed E-state index contributed by atoms with van der Waals surface area (Å²) in [6.07, 6.45) is 1.91. The molecule has 3 rings (SSSR count). The SMILES string of the molecule is Cc1ccccc1C(=O)Nc1ccc(S(=O)(=O)N[C@H](C)C2CCNCC2)cc1Br.Cl. The molecule has 0 aliphatic carbocycles. The number of halogens is 2. The molecular weight excluding hydrogens is 490 g/mol. The van der Waals surface area contributed by atoms with Crippen LogP contribution in [0.25, 0.3) is 0 Å². The second kappa shape index (κ2) is 10.7. The normalized spacial score (nSPS) is 15.8. The van der Waals surface area contributed by atoms with Gasteiger partial charge < -0.3 is 10.6 Å². The van der Waals surface area contributed by atoms with Gasteiger partial charge in [-0.3, -0.25) is 4.79 Å². The Morgan fingerprint density at radius 1 is 1.17 bits per heavy atom. The number of anilines is 1. The smallest absolute Gasteiger partial charge is 0.255 e. The van der Waals surface area contributed by atoms with Crippen LogP contribution >= 0.6 is 28.3 Å². The molecule has 2 aromatic rings. The average molecular weight is 517 g/mol. The summed E-state index contributed by atoms with van der Waals surface area (Å²) in [6, 6.07) is 11.8. The summed E-state index contributed by atoms with van der Waals surface area (Å²) < 4.78 is 28.9. The predicted octanol–water partition coefficient (Wildman–Crippen LogP) is 4.10. The number of amides is 1. The third-order valence-electron chi connectivity index (χ3n) is 5.32. The topological polar surface area (TPSA) is 87.3 Å². The molecule has 1 amide bonds. The largest absolute Gasteiger partial charge is 0.321 e. The number of hydrogen-bond acceptors (Lipinski definition) is 4. The zero-order chi connectivity index (χ0) is 21.0. The molecule has 2 aromatic carbocycles. The Kier molecular flexibility index (Phi) is 8.87. The molecule has 0 radical (unpaired) electrons. The van der Waals surface area contributed by atoms with Crippen molar-refractivity contribution >= 4 is 50.0 Å². The van der Waals surface area contributed by atoms with Crippen LogP contribution in [-0.2, 0) is 10.0 Å². The summed E-state index contributed by atoms with van der Waals surface area (Å²) in [6.45, 7) is 5.61. The lowest BCUT2D eigenvalue weighted by Gasteiger charge is -2.28. The van der Waals surface area contributed by atoms with Gasteiger partial charge in [0.25, 0.3) is 5.91 Å². The first-order chi connectivity index (χ1) is 13.8. The first-order valence-electron chi connectivity index (χ1n) is 9.67. The van der Waals surface area contributed by atoms with Crippen molar-refractivity contribution in [1.82, 2.24) is 10.0 Å². The molecule has 3 N–H and O–H groups in total. The number of aryl methyl sites for hydroxylation is 1. The third-order valence-corrected chi connectivity index (χ3v) is 7.53. The van der Waals surface area contributed by atoms with Crippen molar-refractivity contribution in [3.8, 4) is 0 Å². The molecule has 0 aromatic heterocycles. The van der Waals surface area contributed by atoms with E-state index < -0.39 is 10.0 Å². The summed E-state index contributed by atoms with van der Waals surface area (Å²) in [4.78, 5) is 12.7. The van der Waals surface area contributed by atoms with E-state index in [2.05, 4.69) is 31.3 Å². The first-order valence-corrected chi connectivity index (χ1v) is 11.9. The van der Waals surface area contributed by atoms with Crippen molar-refractivity contribution < 1.29 is 13.2 Å². The second-order valence-corrected chi connectivity index (χ2v) is 9.98. The Labute approximate surface area is 192 Å². The van der Waals surface area contributed by atoms with Gasteiger partial charge in [0.05, 0.1) is 10.6 Å². The van der Waals surface area contributed by atoms with Crippen LogP contribution in [0.5, 0.6) is 0 Å². The lowest BCUT2D eigenvalue weighted by molar-refractivity contribution is 0.102. The molecule has 1 aliphatic heterocycles. The maximum absolute atomic E-state index is 12.8. The number of hydrogen-bond donors (Lipinski definition) is 3. The summed E-state index contributed by atoms with van der Waals surface area (Å²) in [5, 5.41) is 6.12. The monoisotopic (exact) mass is 515 g/mol. The molecule has 1 fully saturated rings. The molecule has 1 saturated heterocycles. The van der Waals surface area contributed by atoms with Gasteiger partial charge in [-0.15, -0.1) is 12.4 Å². The van der Waals surface area contributed by atoms with Gasteiger partial charge in [-0.1, -0.05) is 18.2 Å². The van der Waals surface area contributed by atoms with Crippen molar-refractivity contribution in [2.24, 2.45) is 5.92 Å². The third kappa shape index (κ3) is 6.04. The molecule has 164 valence electrons. The summed E-state index contributed by atoms with van der Waals surface area (Å²) in [7, 11) is -3.65. The highest BCUT2D eigenvalue weighted by Gasteiger charge is 2.25. The molecule has 0 bridgehead atoms. The summed E-state index contributed by atoms with van der Waals surface area (Å²) in [5.41, 5.74) is 1.97. The maximum Gasteiger partial charge on any atom is 0.255 e. The van der Waals surface area contributed by atoms with Gasteiger partial charge in [0.2, 0.25) is 10.0 Å². The van der Waals surface area contributed by atoms with E-state index in [9.17, 15) is 13.2 Å². The van der Waals surface area contributed by atoms with Crippen molar-refractivity contribution in [3.63, 3.8) is 0 Å². The number of rotatable bonds is 6. The first kappa shape index (κ1) is 24.8. The zero-order valence-electron chi connectivity index (χ0n) is 16.9. The highest BCUT2D eigenvalue weighted by molar-refractivity contribution is 9.10. The van der Waals surface area contributed by atoms with Crippen molar-refractivity contribution in [2.45, 2.75) is 37.6 Å². The minimum absolute atomic E-state index is 0. The van der Waals surface area contributed by atoms with Crippen LogP contribution in [0, 0.1) is 12.8 Å². The number of benzene rings is 2. The van der Waals surface area contributed by atoms with Crippen LogP contribution < -0.4 is 15.4 Å². The summed E-state index contributed by atoms with van der Waals surface area (Å²) in [5.74, 6) is 0.0826. The fraction of sp³-hybridized carbons (Fsp3) is 0.381. The van der Waals surface area contributed by atoms with Gasteiger partial charge in [-0.2, -0.15) is 0 Å². The molecule has 30 heavy (non-hydrogen) atoms. The Balaban J connectivity index is 0.00000320. The van der Waals surface area contributed by atoms with Gasteiger partial charge in [-0.05, 0) is 91.5 Å². The Hall–Kier alpha value is -1.45. The van der Waals surface area contributed by atoms with Crippen LogP contribution in [0.2, 0.25) is 0 Å². The van der Waals surface area contributed by atoms with E-state index in [1.54, 1.807) is 12.1 Å². The fourth-order valence-corrected chi connectivity index (χ4v) is 5.50. The van der Waals surface area contributed by atoms with E-state index in [1.165, 1.54) is 12.1 Å². The van der Waals surface area contributed by atoms with Gasteiger partial charge in [0, 0.05) is 16.1 Å². The second-order valence-electron chi connectivity index (χ2n) is 7.41. The van der Waals surface area contributed by atoms with Crippen LogP contribution in [0.4, 0.5) is 5.69 Å². The van der Waals surface area contributed by atoms with Gasteiger partial charge in [0.15, 0.2) is 0 Å². The van der Waals surface area contributed by atoms with Gasteiger partial charge in [-0.25, -0.2) is 13.1 Å². The Morgan fingerprint density at radius 3 is 2.47 bits per heavy atom. The van der Waals surface area contributed by atoms with Crippen LogP contribution in [0.1, 0.15) is 35.7 Å². The van der Waals surface area contributed by atoms with E-state index in [-0.39, 0.29) is 29.3 Å². The standard InChI is InChI=1S/C21H26BrN3O3S.ClH/c1-14-5-3-4-6-18(14)21(26)24-20-8-7-17(13-19(20)22)29(27,28)25-15(2)16-9-11-23-12-10-16;/h3-8,13,15-16,23,25H,9-12H2,1-2H3,(H,24,26);1H/t15-;/m1./s1. The minimum atomic E-state index is -3.65. The molecular formula is C21H27BrClN3O3S. The average Bonchev–Trinajstić information content (AvgIpc) is 2.70. The van der Waals surface area contributed by atoms with E-state index in [0.29, 0.717) is 21.6 Å². The molecule has 1 aliphatic rings. The van der Waals surface area contributed by atoms with Gasteiger partial charge >= 0.3 is 0 Å². The number of carbonyl (C=O) groups excluding carboxylic acids is 1. The number of carbonyl (C=O) groups is 1. The maximum atomic E-state index is 12.8. The van der Waals surface area contributed by atoms with Gasteiger partial charge in [0.1, 0.15) is 0 Å². The van der Waals surface area contributed by atoms with E-state index >= 15 is 0 Å². The number of piperidine rings is 1. The minimum Gasteiger partial charge on any atom is -0.321 e. The molecule has 6 nitrogen and oxygen atoms in total. The Morgan fingerprint density at radius 2 is 1.83 bits per heavy atom. The van der Waals surface area contributed by atoms with Crippen molar-refractivity contribution in [1.29, 1.82) is 0 Å². The molecule has 0 unspecified atom stereocenters. The predicted molar refractivity (Wildman–Crippen MR) is 126 cm³/mol. The van der Waals surface area contributed by atoms with E-state index in [4.69, 9.17) is 0 Å². The van der Waals surface area contributed by atoms with Crippen molar-refractivity contribution in [2.75, 3.05) is 18.4 Å². The van der Waals surface area contributed by atoms with E-state index in [0.717, 1.165) is 31.5 Å².